The lowest BCUT2D eigenvalue weighted by Crippen LogP contribution is -2.66. The summed E-state index contributed by atoms with van der Waals surface area (Å²) in [5, 5.41) is 8.75. The van der Waals surface area contributed by atoms with Crippen LogP contribution in [0, 0.1) is 20.8 Å². The Labute approximate surface area is 324 Å². The molecule has 8 radical (unpaired) electrons. The van der Waals surface area contributed by atoms with Crippen molar-refractivity contribution < 1.29 is 19.0 Å². The number of hydrogen-bond donors (Lipinski definition) is 1. The summed E-state index contributed by atoms with van der Waals surface area (Å²) in [5.41, 5.74) is 5.57. The van der Waals surface area contributed by atoms with Gasteiger partial charge < -0.3 is 24.4 Å². The lowest BCUT2D eigenvalue weighted by molar-refractivity contribution is -0.0123. The van der Waals surface area contributed by atoms with Crippen molar-refractivity contribution in [3.63, 3.8) is 0 Å². The summed E-state index contributed by atoms with van der Waals surface area (Å²) >= 11 is 6.93. The lowest BCUT2D eigenvalue weighted by Gasteiger charge is -2.49. The van der Waals surface area contributed by atoms with E-state index >= 15 is 0 Å². The molecular weight excluding hydrogens is 684 g/mol. The number of fused-ring (bicyclic) bond motifs is 1. The molecule has 4 aliphatic rings. The first-order valence-corrected chi connectivity index (χ1v) is 19.0. The Morgan fingerprint density at radius 1 is 1.15 bits per heavy atom. The molecule has 8 nitrogen and oxygen atoms in total. The SMILES string of the molecule is CC.[B]C1([B])CCC2(C([B])([B])Oc3nc(C)c(-c4ccnc(-c5c(C=C)c(C)cc(Cl)c5C5CC5)c4C)c(N4CCOC[C@@](C)(O)C4)n3)C[C@H](F)CN12. The number of alkyl halides is 1. The van der Waals surface area contributed by atoms with Gasteiger partial charge in [-0.1, -0.05) is 43.4 Å². The third-order valence-corrected chi connectivity index (χ3v) is 11.5. The van der Waals surface area contributed by atoms with Crippen LogP contribution in [0.2, 0.25) is 5.02 Å². The fourth-order valence-corrected chi connectivity index (χ4v) is 8.95. The monoisotopic (exact) mass is 731 g/mol. The molecule has 14 heteroatoms. The summed E-state index contributed by atoms with van der Waals surface area (Å²) in [7, 11) is 26.3. The molecular formula is C39H47B4ClFN5O3. The zero-order chi connectivity index (χ0) is 38.7. The third-order valence-electron chi connectivity index (χ3n) is 11.1. The van der Waals surface area contributed by atoms with Gasteiger partial charge in [0.25, 0.3) is 0 Å². The Morgan fingerprint density at radius 3 is 2.55 bits per heavy atom. The molecule has 272 valence electrons. The maximum absolute atomic E-state index is 15.0. The highest BCUT2D eigenvalue weighted by Crippen LogP contribution is 2.52. The van der Waals surface area contributed by atoms with E-state index in [0.717, 1.165) is 62.5 Å². The molecule has 1 N–H and O–H groups in total. The van der Waals surface area contributed by atoms with E-state index < -0.39 is 28.0 Å². The number of benzene rings is 1. The predicted octanol–water partition coefficient (Wildman–Crippen LogP) is 5.86. The van der Waals surface area contributed by atoms with Crippen LogP contribution in [0.15, 0.2) is 24.9 Å². The quantitative estimate of drug-likeness (QED) is 0.289. The van der Waals surface area contributed by atoms with Crippen molar-refractivity contribution in [3.05, 3.63) is 57.9 Å². The maximum Gasteiger partial charge on any atom is 0.317 e. The molecule has 53 heavy (non-hydrogen) atoms. The Morgan fingerprint density at radius 2 is 1.87 bits per heavy atom. The van der Waals surface area contributed by atoms with E-state index in [1.54, 1.807) is 18.0 Å². The molecule has 0 amide bonds. The summed E-state index contributed by atoms with van der Waals surface area (Å²) < 4.78 is 27.1. The van der Waals surface area contributed by atoms with Gasteiger partial charge in [0, 0.05) is 52.8 Å². The first-order valence-electron chi connectivity index (χ1n) is 18.6. The van der Waals surface area contributed by atoms with Gasteiger partial charge in [0.15, 0.2) is 0 Å². The molecule has 3 atom stereocenters. The van der Waals surface area contributed by atoms with Crippen molar-refractivity contribution >= 4 is 54.9 Å². The van der Waals surface area contributed by atoms with Gasteiger partial charge in [-0.05, 0) is 99.2 Å². The van der Waals surface area contributed by atoms with Gasteiger partial charge in [0.2, 0.25) is 0 Å². The fourth-order valence-electron chi connectivity index (χ4n) is 8.53. The smallest absolute Gasteiger partial charge is 0.317 e. The number of hydrogen-bond acceptors (Lipinski definition) is 8. The highest BCUT2D eigenvalue weighted by Gasteiger charge is 2.62. The van der Waals surface area contributed by atoms with Crippen LogP contribution >= 0.6 is 11.6 Å². The van der Waals surface area contributed by atoms with E-state index in [0.29, 0.717) is 43.4 Å². The molecule has 0 bridgehead atoms. The third kappa shape index (κ3) is 7.20. The summed E-state index contributed by atoms with van der Waals surface area (Å²) in [6, 6.07) is 3.86. The highest BCUT2D eigenvalue weighted by atomic mass is 35.5. The first kappa shape index (κ1) is 39.8. The number of pyridine rings is 1. The van der Waals surface area contributed by atoms with Crippen LogP contribution < -0.4 is 9.64 Å². The van der Waals surface area contributed by atoms with Gasteiger partial charge in [0.1, 0.15) is 33.3 Å². The lowest BCUT2D eigenvalue weighted by atomic mass is 9.52. The number of ether oxygens (including phenoxy) is 2. The van der Waals surface area contributed by atoms with Crippen LogP contribution in [-0.4, -0.2) is 117 Å². The molecule has 1 aromatic carbocycles. The highest BCUT2D eigenvalue weighted by molar-refractivity contribution is 6.42. The van der Waals surface area contributed by atoms with Crippen molar-refractivity contribution in [1.82, 2.24) is 19.9 Å². The van der Waals surface area contributed by atoms with Gasteiger partial charge in [-0.2, -0.15) is 9.97 Å². The van der Waals surface area contributed by atoms with Crippen molar-refractivity contribution in [1.29, 1.82) is 0 Å². The first-order chi connectivity index (χ1) is 25.0. The van der Waals surface area contributed by atoms with E-state index in [1.807, 2.05) is 57.7 Å². The largest absolute Gasteiger partial charge is 0.475 e. The van der Waals surface area contributed by atoms with Crippen LogP contribution in [-0.2, 0) is 4.74 Å². The van der Waals surface area contributed by atoms with Crippen LogP contribution in [0.5, 0.6) is 6.01 Å². The number of halogens is 2. The maximum atomic E-state index is 15.0. The zero-order valence-corrected chi connectivity index (χ0v) is 32.6. The van der Waals surface area contributed by atoms with Crippen LogP contribution in [0.25, 0.3) is 28.5 Å². The zero-order valence-electron chi connectivity index (χ0n) is 31.8. The van der Waals surface area contributed by atoms with E-state index in [4.69, 9.17) is 67.4 Å². The van der Waals surface area contributed by atoms with E-state index in [9.17, 15) is 9.50 Å². The predicted molar refractivity (Wildman–Crippen MR) is 214 cm³/mol. The second-order valence-electron chi connectivity index (χ2n) is 15.3. The Kier molecular flexibility index (Phi) is 11.0. The van der Waals surface area contributed by atoms with Crippen molar-refractivity contribution in [2.75, 3.05) is 37.7 Å². The average molecular weight is 732 g/mol. The Bertz CT molecular complexity index is 1890. The summed E-state index contributed by atoms with van der Waals surface area (Å²) in [4.78, 5) is 18.3. The number of aromatic nitrogens is 3. The molecule has 4 fully saturated rings. The van der Waals surface area contributed by atoms with Gasteiger partial charge in [-0.15, -0.1) is 0 Å². The number of rotatable bonds is 8. The molecule has 3 aliphatic heterocycles. The van der Waals surface area contributed by atoms with Gasteiger partial charge in [0.05, 0.1) is 46.8 Å². The van der Waals surface area contributed by atoms with E-state index in [2.05, 4.69) is 6.58 Å². The van der Waals surface area contributed by atoms with Gasteiger partial charge in [-0.25, -0.2) is 4.39 Å². The van der Waals surface area contributed by atoms with Crippen molar-refractivity contribution in [2.24, 2.45) is 0 Å². The van der Waals surface area contributed by atoms with Gasteiger partial charge >= 0.3 is 6.01 Å². The number of aryl methyl sites for hydroxylation is 2. The molecule has 0 spiro atoms. The van der Waals surface area contributed by atoms with E-state index in [-0.39, 0.29) is 32.1 Å². The molecule has 1 saturated carbocycles. The summed E-state index contributed by atoms with van der Waals surface area (Å²) in [6.45, 7) is 16.9. The van der Waals surface area contributed by atoms with Crippen molar-refractivity contribution in [3.8, 4) is 28.4 Å². The molecule has 7 rings (SSSR count). The fraction of sp³-hybridized carbons (Fsp3) is 0.564. The molecule has 1 aliphatic carbocycles. The number of aliphatic hydroxyl groups is 1. The number of nitrogens with zero attached hydrogens (tertiary/aromatic N) is 5. The average Bonchev–Trinajstić information content (AvgIpc) is 3.83. The number of β-amino-alcohol motifs (C(OH)–C–C–N with tert-alkyl or cyclic N) is 1. The standard InChI is InChI=1S/C37H41B4ClFN5O3.C2H6/c1-6-25-20(2)15-27(42)29(23-7-8-23)30(25)31-21(3)26(9-12-44-31)28-22(4)45-33(46-32(28)47-13-14-50-19-34(5,49)18-47)51-37(40,41)35-10-11-36(38,39)48(35)17-24(43)16-35;1-2/h6,9,12,15,23-24,49H,1,7-8,10-11,13-14,16-19H2,2-5H3;1-2H3/t24-,34-,35?;/m0./s1. The number of anilines is 1. The minimum Gasteiger partial charge on any atom is -0.475 e. The van der Waals surface area contributed by atoms with E-state index in [1.165, 1.54) is 0 Å². The topological polar surface area (TPSA) is 83.8 Å². The van der Waals surface area contributed by atoms with Crippen LogP contribution in [0.4, 0.5) is 10.2 Å². The minimum absolute atomic E-state index is 0.00388. The van der Waals surface area contributed by atoms with Crippen LogP contribution in [0.1, 0.15) is 86.7 Å². The van der Waals surface area contributed by atoms with Crippen molar-refractivity contribution in [2.45, 2.75) is 108 Å². The normalized spacial score (nSPS) is 25.7. The molecule has 1 unspecified atom stereocenters. The second-order valence-corrected chi connectivity index (χ2v) is 15.7. The Balaban J connectivity index is 0.00000236. The molecule has 5 heterocycles. The molecule has 3 saturated heterocycles. The molecule has 2 aromatic heterocycles. The summed E-state index contributed by atoms with van der Waals surface area (Å²) in [5.74, 6) is 0.850. The van der Waals surface area contributed by atoms with Gasteiger partial charge in [-0.3, -0.25) is 4.98 Å². The Hall–Kier alpha value is -2.85. The second kappa shape index (κ2) is 14.7. The summed E-state index contributed by atoms with van der Waals surface area (Å²) in [6.07, 6.45) is 5.24. The minimum atomic E-state index is -1.95. The molecule has 3 aromatic rings. The van der Waals surface area contributed by atoms with Crippen LogP contribution in [0.3, 0.4) is 0 Å².